The van der Waals surface area contributed by atoms with Gasteiger partial charge in [-0.15, -0.1) is 0 Å². The number of rotatable bonds is 4. The highest BCUT2D eigenvalue weighted by atomic mass is 79.9. The third-order valence-corrected chi connectivity index (χ3v) is 2.86. The van der Waals surface area contributed by atoms with Gasteiger partial charge in [0.15, 0.2) is 0 Å². The van der Waals surface area contributed by atoms with Gasteiger partial charge in [-0.25, -0.2) is 9.79 Å². The van der Waals surface area contributed by atoms with Gasteiger partial charge >= 0.3 is 5.97 Å². The number of ether oxygens (including phenoxy) is 1. The summed E-state index contributed by atoms with van der Waals surface area (Å²) in [7, 11) is 0. The van der Waals surface area contributed by atoms with Crippen LogP contribution in [-0.4, -0.2) is 17.8 Å². The first-order valence-corrected chi connectivity index (χ1v) is 6.75. The normalized spacial score (nSPS) is 12.1. The van der Waals surface area contributed by atoms with Gasteiger partial charge in [-0.3, -0.25) is 0 Å². The molecule has 4 heteroatoms. The molecule has 0 aliphatic heterocycles. The molecule has 18 heavy (non-hydrogen) atoms. The highest BCUT2D eigenvalue weighted by Crippen LogP contribution is 2.25. The van der Waals surface area contributed by atoms with Crippen LogP contribution in [0.5, 0.6) is 0 Å². The molecule has 0 aromatic heterocycles. The zero-order valence-corrected chi connectivity index (χ0v) is 12.7. The Morgan fingerprint density at radius 2 is 1.83 bits per heavy atom. The molecule has 0 spiro atoms. The zero-order valence-electron chi connectivity index (χ0n) is 11.1. The van der Waals surface area contributed by atoms with Gasteiger partial charge in [0.1, 0.15) is 5.71 Å². The summed E-state index contributed by atoms with van der Waals surface area (Å²) in [5.41, 5.74) is 1.18. The first-order valence-electron chi connectivity index (χ1n) is 5.96. The molecule has 98 valence electrons. The lowest BCUT2D eigenvalue weighted by molar-refractivity contribution is -0.139. The van der Waals surface area contributed by atoms with Crippen molar-refractivity contribution in [1.29, 1.82) is 0 Å². The van der Waals surface area contributed by atoms with E-state index >= 15 is 0 Å². The predicted molar refractivity (Wildman–Crippen MR) is 77.3 cm³/mol. The van der Waals surface area contributed by atoms with E-state index in [4.69, 9.17) is 4.74 Å². The molecule has 0 saturated carbocycles. The van der Waals surface area contributed by atoms with E-state index < -0.39 is 0 Å². The number of hydrogen-bond donors (Lipinski definition) is 0. The molecule has 0 saturated heterocycles. The van der Waals surface area contributed by atoms with Crippen LogP contribution in [0.4, 0.5) is 5.69 Å². The van der Waals surface area contributed by atoms with E-state index in [1.807, 2.05) is 52.0 Å². The van der Waals surface area contributed by atoms with Crippen LogP contribution in [0.3, 0.4) is 0 Å². The van der Waals surface area contributed by atoms with Gasteiger partial charge in [-0.1, -0.05) is 26.0 Å². The zero-order chi connectivity index (χ0) is 13.7. The number of carbonyl (C=O) groups is 1. The lowest BCUT2D eigenvalue weighted by atomic mass is 10.1. The van der Waals surface area contributed by atoms with Crippen LogP contribution in [-0.2, 0) is 9.53 Å². The molecule has 0 amide bonds. The van der Waals surface area contributed by atoms with Crippen molar-refractivity contribution in [3.63, 3.8) is 0 Å². The van der Waals surface area contributed by atoms with Crippen LogP contribution in [0.1, 0.15) is 27.7 Å². The second-order valence-corrected chi connectivity index (χ2v) is 5.41. The number of carbonyl (C=O) groups excluding carboxylic acids is 1. The monoisotopic (exact) mass is 311 g/mol. The van der Waals surface area contributed by atoms with Crippen LogP contribution in [0.15, 0.2) is 33.7 Å². The topological polar surface area (TPSA) is 38.7 Å². The number of para-hydroxylation sites is 1. The fraction of sp³-hybridized carbons (Fsp3) is 0.429. The fourth-order valence-corrected chi connectivity index (χ4v) is 1.73. The standard InChI is InChI=1S/C14H18BrNO2/c1-9(2)13(14(17)18-10(3)4)16-12-8-6-5-7-11(12)15/h5-10H,1-4H3. The fourth-order valence-electron chi connectivity index (χ4n) is 1.36. The minimum atomic E-state index is -0.351. The summed E-state index contributed by atoms with van der Waals surface area (Å²) in [6.45, 7) is 7.51. The Kier molecular flexibility index (Phi) is 5.54. The van der Waals surface area contributed by atoms with E-state index in [0.29, 0.717) is 5.71 Å². The van der Waals surface area contributed by atoms with Gasteiger partial charge in [0.05, 0.1) is 11.8 Å². The molecular weight excluding hydrogens is 294 g/mol. The molecule has 0 radical (unpaired) electrons. The van der Waals surface area contributed by atoms with Gasteiger partial charge in [-0.05, 0) is 41.9 Å². The van der Waals surface area contributed by atoms with Crippen molar-refractivity contribution >= 4 is 33.3 Å². The summed E-state index contributed by atoms with van der Waals surface area (Å²) in [5.74, 6) is -0.334. The average molecular weight is 312 g/mol. The Morgan fingerprint density at radius 3 is 2.33 bits per heavy atom. The van der Waals surface area contributed by atoms with Crippen molar-refractivity contribution in [2.24, 2.45) is 10.9 Å². The maximum absolute atomic E-state index is 11.9. The summed E-state index contributed by atoms with van der Waals surface area (Å²) in [6, 6.07) is 7.54. The van der Waals surface area contributed by atoms with Crippen molar-refractivity contribution in [1.82, 2.24) is 0 Å². The molecule has 0 unspecified atom stereocenters. The average Bonchev–Trinajstić information content (AvgIpc) is 2.26. The van der Waals surface area contributed by atoms with Crippen molar-refractivity contribution < 1.29 is 9.53 Å². The molecular formula is C14H18BrNO2. The molecule has 1 aromatic carbocycles. The Balaban J connectivity index is 3.06. The minimum Gasteiger partial charge on any atom is -0.458 e. The number of aliphatic imine (C=N–C) groups is 1. The van der Waals surface area contributed by atoms with E-state index in [0.717, 1.165) is 10.2 Å². The molecule has 0 atom stereocenters. The quantitative estimate of drug-likeness (QED) is 0.619. The maximum Gasteiger partial charge on any atom is 0.353 e. The lowest BCUT2D eigenvalue weighted by Crippen LogP contribution is -2.25. The van der Waals surface area contributed by atoms with Crippen molar-refractivity contribution in [2.75, 3.05) is 0 Å². The van der Waals surface area contributed by atoms with Crippen molar-refractivity contribution in [3.8, 4) is 0 Å². The van der Waals surface area contributed by atoms with Crippen LogP contribution in [0.25, 0.3) is 0 Å². The summed E-state index contributed by atoms with van der Waals surface area (Å²) < 4.78 is 6.06. The largest absolute Gasteiger partial charge is 0.458 e. The van der Waals surface area contributed by atoms with Crippen LogP contribution in [0.2, 0.25) is 0 Å². The molecule has 3 nitrogen and oxygen atoms in total. The maximum atomic E-state index is 11.9. The van der Waals surface area contributed by atoms with E-state index in [1.165, 1.54) is 0 Å². The summed E-state index contributed by atoms with van der Waals surface area (Å²) in [4.78, 5) is 16.3. The number of halogens is 1. The van der Waals surface area contributed by atoms with E-state index in [2.05, 4.69) is 20.9 Å². The van der Waals surface area contributed by atoms with Gasteiger partial charge < -0.3 is 4.74 Å². The van der Waals surface area contributed by atoms with E-state index in [1.54, 1.807) is 0 Å². The van der Waals surface area contributed by atoms with Crippen LogP contribution >= 0.6 is 15.9 Å². The molecule has 0 bridgehead atoms. The summed E-state index contributed by atoms with van der Waals surface area (Å²) >= 11 is 3.41. The Labute approximate surface area is 116 Å². The Hall–Kier alpha value is -1.16. The Morgan fingerprint density at radius 1 is 1.22 bits per heavy atom. The second-order valence-electron chi connectivity index (χ2n) is 4.56. The SMILES string of the molecule is CC(C)OC(=O)C(=Nc1ccccc1Br)C(C)C. The van der Waals surface area contributed by atoms with Gasteiger partial charge in [-0.2, -0.15) is 0 Å². The molecule has 1 rings (SSSR count). The van der Waals surface area contributed by atoms with E-state index in [9.17, 15) is 4.79 Å². The molecule has 0 heterocycles. The molecule has 0 N–H and O–H groups in total. The van der Waals surface area contributed by atoms with Crippen LogP contribution in [0, 0.1) is 5.92 Å². The molecule has 1 aromatic rings. The van der Waals surface area contributed by atoms with Crippen molar-refractivity contribution in [2.45, 2.75) is 33.8 Å². The van der Waals surface area contributed by atoms with Crippen LogP contribution < -0.4 is 0 Å². The number of benzene rings is 1. The van der Waals surface area contributed by atoms with Gasteiger partial charge in [0.25, 0.3) is 0 Å². The molecule has 0 aliphatic rings. The highest BCUT2D eigenvalue weighted by molar-refractivity contribution is 9.10. The third-order valence-electron chi connectivity index (χ3n) is 2.19. The highest BCUT2D eigenvalue weighted by Gasteiger charge is 2.18. The summed E-state index contributed by atoms with van der Waals surface area (Å²) in [5, 5.41) is 0. The first kappa shape index (κ1) is 14.9. The van der Waals surface area contributed by atoms with Crippen molar-refractivity contribution in [3.05, 3.63) is 28.7 Å². The van der Waals surface area contributed by atoms with Gasteiger partial charge in [0.2, 0.25) is 0 Å². The smallest absolute Gasteiger partial charge is 0.353 e. The first-order chi connectivity index (χ1) is 8.41. The molecule has 0 fully saturated rings. The third kappa shape index (κ3) is 4.26. The second kappa shape index (κ2) is 6.69. The van der Waals surface area contributed by atoms with Gasteiger partial charge in [0, 0.05) is 10.4 Å². The lowest BCUT2D eigenvalue weighted by Gasteiger charge is -2.12. The van der Waals surface area contributed by atoms with E-state index in [-0.39, 0.29) is 18.0 Å². The number of esters is 1. The predicted octanol–water partition coefficient (Wildman–Crippen LogP) is 4.13. The number of nitrogens with zero attached hydrogens (tertiary/aromatic N) is 1. The minimum absolute atomic E-state index is 0.0170. The summed E-state index contributed by atoms with van der Waals surface area (Å²) in [6.07, 6.45) is -0.138. The Bertz CT molecular complexity index is 453. The number of hydrogen-bond acceptors (Lipinski definition) is 3. The molecule has 0 aliphatic carbocycles.